The molecule has 1 amide bonds. The maximum atomic E-state index is 11.9. The van der Waals surface area contributed by atoms with E-state index in [1.54, 1.807) is 12.1 Å². The Balaban J connectivity index is 2.02. The number of halogens is 1. The summed E-state index contributed by atoms with van der Waals surface area (Å²) in [6.45, 7) is 0.354. The van der Waals surface area contributed by atoms with E-state index in [0.29, 0.717) is 17.1 Å². The minimum absolute atomic E-state index is 0.0308. The maximum Gasteiger partial charge on any atom is 0.251 e. The Bertz CT molecular complexity index is 741. The number of primary sulfonamides is 1. The van der Waals surface area contributed by atoms with E-state index in [9.17, 15) is 13.2 Å². The molecule has 0 saturated heterocycles. The van der Waals surface area contributed by atoms with Crippen molar-refractivity contribution in [2.75, 3.05) is 0 Å². The van der Waals surface area contributed by atoms with Gasteiger partial charge in [-0.1, -0.05) is 23.7 Å². The van der Waals surface area contributed by atoms with Crippen LogP contribution in [0, 0.1) is 0 Å². The molecule has 2 rings (SSSR count). The van der Waals surface area contributed by atoms with E-state index in [1.165, 1.54) is 24.3 Å². The molecule has 0 spiro atoms. The average Bonchev–Trinajstić information content (AvgIpc) is 2.45. The number of benzene rings is 2. The van der Waals surface area contributed by atoms with Crippen molar-refractivity contribution in [3.05, 3.63) is 64.7 Å². The maximum absolute atomic E-state index is 11.9. The van der Waals surface area contributed by atoms with Gasteiger partial charge in [0.05, 0.1) is 4.90 Å². The molecule has 0 unspecified atom stereocenters. The van der Waals surface area contributed by atoms with Crippen LogP contribution in [0.4, 0.5) is 0 Å². The first-order valence-corrected chi connectivity index (χ1v) is 7.94. The second kappa shape index (κ2) is 6.26. The van der Waals surface area contributed by atoms with Gasteiger partial charge in [0.1, 0.15) is 0 Å². The van der Waals surface area contributed by atoms with Gasteiger partial charge in [-0.3, -0.25) is 4.79 Å². The van der Waals surface area contributed by atoms with Crippen LogP contribution in [0.1, 0.15) is 15.9 Å². The van der Waals surface area contributed by atoms with Crippen LogP contribution in [-0.4, -0.2) is 14.3 Å². The number of sulfonamides is 1. The van der Waals surface area contributed by atoms with Crippen LogP contribution in [0.5, 0.6) is 0 Å². The highest BCUT2D eigenvalue weighted by molar-refractivity contribution is 7.89. The third-order valence-corrected chi connectivity index (χ3v) is 3.99. The number of rotatable bonds is 4. The zero-order chi connectivity index (χ0) is 15.5. The van der Waals surface area contributed by atoms with Crippen molar-refractivity contribution in [3.63, 3.8) is 0 Å². The third-order valence-electron chi connectivity index (χ3n) is 2.81. The van der Waals surface area contributed by atoms with Crippen molar-refractivity contribution < 1.29 is 13.2 Å². The lowest BCUT2D eigenvalue weighted by molar-refractivity contribution is 0.0951. The van der Waals surface area contributed by atoms with Gasteiger partial charge in [-0.15, -0.1) is 0 Å². The summed E-state index contributed by atoms with van der Waals surface area (Å²) in [5, 5.41) is 8.35. The molecule has 0 saturated carbocycles. The summed E-state index contributed by atoms with van der Waals surface area (Å²) in [6.07, 6.45) is 0. The molecule has 5 nitrogen and oxygen atoms in total. The fraction of sp³-hybridized carbons (Fsp3) is 0.0714. The summed E-state index contributed by atoms with van der Waals surface area (Å²) in [5.41, 5.74) is 1.27. The highest BCUT2D eigenvalue weighted by Crippen LogP contribution is 2.11. The summed E-state index contributed by atoms with van der Waals surface area (Å²) in [6, 6.07) is 12.5. The number of amides is 1. The molecule has 2 aromatic carbocycles. The normalized spacial score (nSPS) is 11.1. The Hall–Kier alpha value is -1.89. The quantitative estimate of drug-likeness (QED) is 0.900. The number of nitrogens with two attached hydrogens (primary N) is 1. The molecule has 0 aromatic heterocycles. The molecule has 0 atom stereocenters. The van der Waals surface area contributed by atoms with E-state index < -0.39 is 10.0 Å². The zero-order valence-electron chi connectivity index (χ0n) is 10.9. The first-order valence-electron chi connectivity index (χ1n) is 6.02. The summed E-state index contributed by atoms with van der Waals surface area (Å²) >= 11 is 5.78. The summed E-state index contributed by atoms with van der Waals surface area (Å²) in [7, 11) is -3.75. The number of carbonyl (C=O) groups is 1. The summed E-state index contributed by atoms with van der Waals surface area (Å²) < 4.78 is 22.2. The van der Waals surface area contributed by atoms with E-state index in [-0.39, 0.29) is 10.8 Å². The Morgan fingerprint density at radius 1 is 1.05 bits per heavy atom. The van der Waals surface area contributed by atoms with Crippen molar-refractivity contribution >= 4 is 27.5 Å². The lowest BCUT2D eigenvalue weighted by atomic mass is 10.2. The Morgan fingerprint density at radius 3 is 2.14 bits per heavy atom. The lowest BCUT2D eigenvalue weighted by Gasteiger charge is -2.06. The van der Waals surface area contributed by atoms with Crippen molar-refractivity contribution in [2.45, 2.75) is 11.4 Å². The van der Waals surface area contributed by atoms with Gasteiger partial charge in [0.15, 0.2) is 0 Å². The standard InChI is InChI=1S/C14H13ClN2O3S/c15-12-5-1-10(2-6-12)9-17-14(18)11-3-7-13(8-4-11)21(16,19)20/h1-8H,9H2,(H,17,18)(H2,16,19,20). The highest BCUT2D eigenvalue weighted by atomic mass is 35.5. The van der Waals surface area contributed by atoms with Gasteiger partial charge in [0.25, 0.3) is 5.91 Å². The molecule has 0 radical (unpaired) electrons. The number of hydrogen-bond donors (Lipinski definition) is 2. The van der Waals surface area contributed by atoms with Crippen molar-refractivity contribution in [1.82, 2.24) is 5.32 Å². The smallest absolute Gasteiger partial charge is 0.251 e. The van der Waals surface area contributed by atoms with E-state index in [2.05, 4.69) is 5.32 Å². The number of hydrogen-bond acceptors (Lipinski definition) is 3. The molecule has 0 aliphatic heterocycles. The van der Waals surface area contributed by atoms with E-state index in [1.807, 2.05) is 12.1 Å². The molecule has 0 heterocycles. The number of nitrogens with one attached hydrogen (secondary N) is 1. The van der Waals surface area contributed by atoms with E-state index in [4.69, 9.17) is 16.7 Å². The average molecular weight is 325 g/mol. The second-order valence-electron chi connectivity index (χ2n) is 4.38. The van der Waals surface area contributed by atoms with Crippen LogP contribution in [0.15, 0.2) is 53.4 Å². The van der Waals surface area contributed by atoms with Gasteiger partial charge in [-0.25, -0.2) is 13.6 Å². The molecule has 0 aliphatic carbocycles. The Labute approximate surface area is 127 Å². The van der Waals surface area contributed by atoms with E-state index >= 15 is 0 Å². The monoisotopic (exact) mass is 324 g/mol. The number of carbonyl (C=O) groups excluding carboxylic acids is 1. The molecule has 2 aromatic rings. The molecule has 3 N–H and O–H groups in total. The molecule has 110 valence electrons. The third kappa shape index (κ3) is 4.29. The van der Waals surface area contributed by atoms with Crippen LogP contribution in [-0.2, 0) is 16.6 Å². The molecule has 7 heteroatoms. The van der Waals surface area contributed by atoms with Gasteiger partial charge in [-0.05, 0) is 42.0 Å². The molecular formula is C14H13ClN2O3S. The van der Waals surface area contributed by atoms with Gasteiger partial charge in [0.2, 0.25) is 10.0 Å². The first-order chi connectivity index (χ1) is 9.86. The molecule has 0 fully saturated rings. The molecule has 21 heavy (non-hydrogen) atoms. The van der Waals surface area contributed by atoms with Crippen molar-refractivity contribution in [2.24, 2.45) is 5.14 Å². The SMILES string of the molecule is NS(=O)(=O)c1ccc(C(=O)NCc2ccc(Cl)cc2)cc1. The highest BCUT2D eigenvalue weighted by Gasteiger charge is 2.10. The fourth-order valence-electron chi connectivity index (χ4n) is 1.68. The topological polar surface area (TPSA) is 89.3 Å². The zero-order valence-corrected chi connectivity index (χ0v) is 12.5. The van der Waals surface area contributed by atoms with Crippen LogP contribution in [0.2, 0.25) is 5.02 Å². The Morgan fingerprint density at radius 2 is 1.62 bits per heavy atom. The minimum Gasteiger partial charge on any atom is -0.348 e. The van der Waals surface area contributed by atoms with Crippen LogP contribution in [0.3, 0.4) is 0 Å². The van der Waals surface area contributed by atoms with Crippen LogP contribution < -0.4 is 10.5 Å². The fourth-order valence-corrected chi connectivity index (χ4v) is 2.32. The van der Waals surface area contributed by atoms with Crippen molar-refractivity contribution in [1.29, 1.82) is 0 Å². The predicted molar refractivity (Wildman–Crippen MR) is 80.4 cm³/mol. The molecule has 0 bridgehead atoms. The van der Waals surface area contributed by atoms with Gasteiger partial charge in [-0.2, -0.15) is 0 Å². The van der Waals surface area contributed by atoms with Gasteiger partial charge >= 0.3 is 0 Å². The first kappa shape index (κ1) is 15.5. The predicted octanol–water partition coefficient (Wildman–Crippen LogP) is 1.92. The van der Waals surface area contributed by atoms with E-state index in [0.717, 1.165) is 5.56 Å². The van der Waals surface area contributed by atoms with Crippen molar-refractivity contribution in [3.8, 4) is 0 Å². The minimum atomic E-state index is -3.75. The largest absolute Gasteiger partial charge is 0.348 e. The molecular weight excluding hydrogens is 312 g/mol. The van der Waals surface area contributed by atoms with Crippen LogP contribution >= 0.6 is 11.6 Å². The second-order valence-corrected chi connectivity index (χ2v) is 6.38. The summed E-state index contributed by atoms with van der Waals surface area (Å²) in [5.74, 6) is -0.300. The van der Waals surface area contributed by atoms with Crippen LogP contribution in [0.25, 0.3) is 0 Å². The summed E-state index contributed by atoms with van der Waals surface area (Å²) in [4.78, 5) is 11.9. The van der Waals surface area contributed by atoms with Gasteiger partial charge in [0, 0.05) is 17.1 Å². The Kier molecular flexibility index (Phi) is 4.62. The molecule has 0 aliphatic rings. The lowest BCUT2D eigenvalue weighted by Crippen LogP contribution is -2.22. The van der Waals surface area contributed by atoms with Gasteiger partial charge < -0.3 is 5.32 Å².